The fraction of sp³-hybridized carbons (Fsp3) is 1.00. The predicted octanol–water partition coefficient (Wildman–Crippen LogP) is 2.08. The van der Waals surface area contributed by atoms with Crippen LogP contribution in [0.3, 0.4) is 0 Å². The second-order valence-electron chi connectivity index (χ2n) is 3.18. The molecule has 0 N–H and O–H groups in total. The van der Waals surface area contributed by atoms with Crippen LogP contribution in [0.5, 0.6) is 0 Å². The molecule has 0 saturated carbocycles. The van der Waals surface area contributed by atoms with Crippen LogP contribution in [0.15, 0.2) is 0 Å². The number of rotatable bonds is 3. The van der Waals surface area contributed by atoms with E-state index < -0.39 is 0 Å². The van der Waals surface area contributed by atoms with Crippen molar-refractivity contribution in [3.8, 4) is 0 Å². The summed E-state index contributed by atoms with van der Waals surface area (Å²) in [5, 5.41) is 0. The van der Waals surface area contributed by atoms with Crippen molar-refractivity contribution in [2.24, 2.45) is 0 Å². The van der Waals surface area contributed by atoms with Crippen molar-refractivity contribution >= 4 is 34.7 Å². The summed E-state index contributed by atoms with van der Waals surface area (Å²) in [5.41, 5.74) is 0. The molecule has 0 bridgehead atoms. The largest absolute Gasteiger partial charge is 0.292 e. The third kappa shape index (κ3) is 4.76. The molecule has 3 unspecified atom stereocenters. The first-order valence-corrected chi connectivity index (χ1v) is 9.34. The molecular weight excluding hydrogens is 240 g/mol. The van der Waals surface area contributed by atoms with Crippen molar-refractivity contribution in [3.63, 3.8) is 0 Å². The van der Waals surface area contributed by atoms with E-state index in [2.05, 4.69) is 31.9 Å². The molecule has 1 aliphatic heterocycles. The number of piperidine rings is 1. The molecule has 0 radical (unpaired) electrons. The molecule has 1 saturated heterocycles. The van der Waals surface area contributed by atoms with Crippen LogP contribution in [0.25, 0.3) is 0 Å². The van der Waals surface area contributed by atoms with Gasteiger partial charge in [0.1, 0.15) is 0 Å². The van der Waals surface area contributed by atoms with Crippen LogP contribution in [0.1, 0.15) is 12.8 Å². The predicted molar refractivity (Wildman–Crippen MR) is 69.5 cm³/mol. The maximum absolute atomic E-state index is 5.79. The minimum atomic E-state index is -0.272. The van der Waals surface area contributed by atoms with Gasteiger partial charge in [-0.05, 0) is 12.8 Å². The summed E-state index contributed by atoms with van der Waals surface area (Å²) < 4.78 is 2.27. The van der Waals surface area contributed by atoms with Crippen molar-refractivity contribution in [2.75, 3.05) is 20.1 Å². The third-order valence-electron chi connectivity index (χ3n) is 2.10. The second-order valence-corrected chi connectivity index (χ2v) is 10.2. The Kier molecular flexibility index (Phi) is 6.08. The molecule has 0 aromatic carbocycles. The second kappa shape index (κ2) is 6.24. The molecule has 1 heterocycles. The molecule has 3 atom stereocenters. The molecular formula is C6H18N2OP4. The normalized spacial score (nSPS) is 21.7. The summed E-state index contributed by atoms with van der Waals surface area (Å²) in [7, 11) is 9.99. The van der Waals surface area contributed by atoms with Crippen molar-refractivity contribution < 1.29 is 4.84 Å². The molecule has 0 spiro atoms. The Morgan fingerprint density at radius 1 is 1.38 bits per heavy atom. The van der Waals surface area contributed by atoms with Gasteiger partial charge in [-0.25, -0.2) is 0 Å². The molecule has 1 aliphatic rings. The van der Waals surface area contributed by atoms with E-state index in [1.807, 2.05) is 11.9 Å². The molecule has 0 aromatic heterocycles. The van der Waals surface area contributed by atoms with Gasteiger partial charge in [0.25, 0.3) is 0 Å². The van der Waals surface area contributed by atoms with Gasteiger partial charge in [-0.1, -0.05) is 27.2 Å². The van der Waals surface area contributed by atoms with Crippen LogP contribution in [0.4, 0.5) is 0 Å². The first-order valence-electron chi connectivity index (χ1n) is 4.29. The van der Waals surface area contributed by atoms with Crippen molar-refractivity contribution in [3.05, 3.63) is 0 Å². The summed E-state index contributed by atoms with van der Waals surface area (Å²) in [4.78, 5) is 7.74. The van der Waals surface area contributed by atoms with Gasteiger partial charge in [-0.15, -0.1) is 0 Å². The van der Waals surface area contributed by atoms with Gasteiger partial charge in [-0.2, -0.15) is 4.83 Å². The summed E-state index contributed by atoms with van der Waals surface area (Å²) in [6.45, 7) is 2.24. The van der Waals surface area contributed by atoms with Crippen LogP contribution in [-0.2, 0) is 4.84 Å². The highest BCUT2D eigenvalue weighted by Crippen LogP contribution is 2.55. The fourth-order valence-corrected chi connectivity index (χ4v) is 2.12. The number of hydroxylamine groups is 1. The lowest BCUT2D eigenvalue weighted by Crippen LogP contribution is -2.33. The molecule has 1 rings (SSSR count). The van der Waals surface area contributed by atoms with E-state index in [9.17, 15) is 0 Å². The molecule has 0 aliphatic carbocycles. The van der Waals surface area contributed by atoms with E-state index in [1.54, 1.807) is 0 Å². The summed E-state index contributed by atoms with van der Waals surface area (Å²) in [5.74, 6) is 0. The Balaban J connectivity index is 2.22. The summed E-state index contributed by atoms with van der Waals surface area (Å²) >= 11 is 0. The van der Waals surface area contributed by atoms with Crippen LogP contribution in [-0.4, -0.2) is 35.7 Å². The average molecular weight is 258 g/mol. The summed E-state index contributed by atoms with van der Waals surface area (Å²) in [6.07, 6.45) is 2.67. The van der Waals surface area contributed by atoms with E-state index in [0.717, 1.165) is 25.9 Å². The molecule has 13 heavy (non-hydrogen) atoms. The van der Waals surface area contributed by atoms with Gasteiger partial charge in [-0.3, -0.25) is 9.51 Å². The van der Waals surface area contributed by atoms with Crippen LogP contribution in [0, 0.1) is 0 Å². The molecule has 0 aromatic rings. The molecule has 78 valence electrons. The molecule has 0 amide bonds. The smallest absolute Gasteiger partial charge is 0.0821 e. The fourth-order valence-electron chi connectivity index (χ4n) is 1.25. The van der Waals surface area contributed by atoms with Crippen molar-refractivity contribution in [1.82, 2.24) is 9.50 Å². The Hall–Kier alpha value is 1.60. The van der Waals surface area contributed by atoms with Crippen LogP contribution < -0.4 is 0 Å². The van der Waals surface area contributed by atoms with Crippen molar-refractivity contribution in [1.29, 1.82) is 0 Å². The van der Waals surface area contributed by atoms with Crippen molar-refractivity contribution in [2.45, 2.75) is 18.9 Å². The molecule has 1 fully saturated rings. The van der Waals surface area contributed by atoms with Crippen LogP contribution >= 0.6 is 34.7 Å². The lowest BCUT2D eigenvalue weighted by atomic mass is 10.1. The Morgan fingerprint density at radius 2 is 1.92 bits per heavy atom. The first-order chi connectivity index (χ1) is 6.09. The highest BCUT2D eigenvalue weighted by atomic mass is 32.4. The quantitative estimate of drug-likeness (QED) is 0.569. The van der Waals surface area contributed by atoms with E-state index in [1.165, 1.54) is 0 Å². The standard InChI is InChI=1S/C6H18N2OP4/c1-7(13(11)12)9-6-2-4-8(10)5-3-6/h6H,2-5,10-12H2,1H3. The zero-order valence-electron chi connectivity index (χ0n) is 7.89. The first kappa shape index (κ1) is 12.7. The maximum atomic E-state index is 5.79. The number of hydrogen-bond acceptors (Lipinski definition) is 3. The number of hydrogen-bond donors (Lipinski definition) is 0. The minimum Gasteiger partial charge on any atom is -0.292 e. The maximum Gasteiger partial charge on any atom is 0.0821 e. The van der Waals surface area contributed by atoms with Gasteiger partial charge >= 0.3 is 0 Å². The lowest BCUT2D eigenvalue weighted by Gasteiger charge is -2.32. The van der Waals surface area contributed by atoms with Gasteiger partial charge in [0.05, 0.1) is 6.10 Å². The van der Waals surface area contributed by atoms with Gasteiger partial charge in [0.2, 0.25) is 0 Å². The Morgan fingerprint density at radius 3 is 2.38 bits per heavy atom. The van der Waals surface area contributed by atoms with E-state index in [0.29, 0.717) is 6.10 Å². The Bertz CT molecular complexity index is 152. The average Bonchev–Trinajstić information content (AvgIpc) is 2.08. The number of nitrogens with zero attached hydrogens (tertiary/aromatic N) is 2. The molecule has 3 nitrogen and oxygen atoms in total. The SMILES string of the molecule is CN(OC1CCN(P)CC1)P(P)P. The zero-order chi connectivity index (χ0) is 9.84. The third-order valence-corrected chi connectivity index (χ3v) is 5.32. The monoisotopic (exact) mass is 258 g/mol. The van der Waals surface area contributed by atoms with Gasteiger partial charge in [0, 0.05) is 27.6 Å². The highest BCUT2D eigenvalue weighted by molar-refractivity contribution is 8.42. The van der Waals surface area contributed by atoms with Gasteiger partial charge < -0.3 is 0 Å². The Labute approximate surface area is 88.5 Å². The highest BCUT2D eigenvalue weighted by Gasteiger charge is 2.19. The van der Waals surface area contributed by atoms with E-state index >= 15 is 0 Å². The van der Waals surface area contributed by atoms with E-state index in [-0.39, 0.29) is 7.45 Å². The minimum absolute atomic E-state index is 0.272. The van der Waals surface area contributed by atoms with Crippen LogP contribution in [0.2, 0.25) is 0 Å². The van der Waals surface area contributed by atoms with Gasteiger partial charge in [0.15, 0.2) is 0 Å². The summed E-state index contributed by atoms with van der Waals surface area (Å²) in [6, 6.07) is 0. The zero-order valence-corrected chi connectivity index (χ0v) is 12.2. The van der Waals surface area contributed by atoms with E-state index in [4.69, 9.17) is 4.84 Å². The molecule has 7 heteroatoms. The topological polar surface area (TPSA) is 15.7 Å². The lowest BCUT2D eigenvalue weighted by molar-refractivity contribution is -0.124.